The van der Waals surface area contributed by atoms with Gasteiger partial charge in [-0.1, -0.05) is 45.4 Å². The summed E-state index contributed by atoms with van der Waals surface area (Å²) in [6, 6.07) is 14.8. The number of nitrogens with zero attached hydrogens (tertiary/aromatic N) is 2. The van der Waals surface area contributed by atoms with Gasteiger partial charge in [-0.2, -0.15) is 4.98 Å². The number of hydrogen-bond donors (Lipinski definition) is 1. The molecule has 0 fully saturated rings. The number of hydrogen-bond acceptors (Lipinski definition) is 5. The van der Waals surface area contributed by atoms with Crippen LogP contribution in [0.4, 0.5) is 5.69 Å². The van der Waals surface area contributed by atoms with Gasteiger partial charge in [0.15, 0.2) is 6.61 Å². The molecule has 1 heterocycles. The van der Waals surface area contributed by atoms with Gasteiger partial charge in [-0.3, -0.25) is 4.79 Å². The van der Waals surface area contributed by atoms with E-state index in [1.54, 1.807) is 12.1 Å². The summed E-state index contributed by atoms with van der Waals surface area (Å²) < 4.78 is 11.8. The van der Waals surface area contributed by atoms with Crippen LogP contribution < -0.4 is 10.1 Å². The quantitative estimate of drug-likeness (QED) is 0.714. The summed E-state index contributed by atoms with van der Waals surface area (Å²) in [5.74, 6) is 1.21. The van der Waals surface area contributed by atoms with Crippen LogP contribution in [-0.2, 0) is 11.4 Å². The van der Waals surface area contributed by atoms with Crippen LogP contribution in [0, 0.1) is 0 Å². The topological polar surface area (TPSA) is 77.2 Å². The highest BCUT2D eigenvalue weighted by molar-refractivity contribution is 9.10. The number of ether oxygens (including phenoxy) is 1. The molecule has 0 radical (unpaired) electrons. The molecule has 0 saturated heterocycles. The van der Waals surface area contributed by atoms with Gasteiger partial charge in [-0.05, 0) is 24.3 Å². The number of halogens is 1. The molecule has 0 bridgehead atoms. The van der Waals surface area contributed by atoms with Crippen LogP contribution in [0.5, 0.6) is 5.75 Å². The van der Waals surface area contributed by atoms with Crippen LogP contribution in [0.25, 0.3) is 11.4 Å². The summed E-state index contributed by atoms with van der Waals surface area (Å²) in [6.45, 7) is 1.55. The summed E-state index contributed by atoms with van der Waals surface area (Å²) in [5.41, 5.74) is 1.44. The Labute approximate surface area is 147 Å². The average Bonchev–Trinajstić information content (AvgIpc) is 3.02. The maximum atomic E-state index is 11.2. The molecule has 1 amide bonds. The van der Waals surface area contributed by atoms with Gasteiger partial charge in [0.1, 0.15) is 5.75 Å². The standard InChI is InChI=1S/C17H14BrN3O3/c1-11(22)19-14-7-2-3-8-15(14)23-10-16-20-17(21-24-16)12-5-4-6-13(18)9-12/h2-9H,10H2,1H3,(H,19,22). The zero-order chi connectivity index (χ0) is 16.9. The lowest BCUT2D eigenvalue weighted by Crippen LogP contribution is -2.07. The van der Waals surface area contributed by atoms with Crippen molar-refractivity contribution >= 4 is 27.5 Å². The maximum absolute atomic E-state index is 11.2. The SMILES string of the molecule is CC(=O)Nc1ccccc1OCc1nc(-c2cccc(Br)c2)no1. The molecule has 7 heteroatoms. The van der Waals surface area contributed by atoms with Crippen LogP contribution in [0.3, 0.4) is 0 Å². The van der Waals surface area contributed by atoms with Gasteiger partial charge in [0.25, 0.3) is 5.89 Å². The van der Waals surface area contributed by atoms with E-state index >= 15 is 0 Å². The summed E-state index contributed by atoms with van der Waals surface area (Å²) >= 11 is 3.41. The number of carbonyl (C=O) groups excluding carboxylic acids is 1. The van der Waals surface area contributed by atoms with E-state index in [1.807, 2.05) is 36.4 Å². The highest BCUT2D eigenvalue weighted by Crippen LogP contribution is 2.25. The first kappa shape index (κ1) is 16.2. The summed E-state index contributed by atoms with van der Waals surface area (Å²) in [4.78, 5) is 15.5. The Bertz CT molecular complexity index is 864. The number of aromatic nitrogens is 2. The molecule has 0 spiro atoms. The molecule has 3 aromatic rings. The highest BCUT2D eigenvalue weighted by atomic mass is 79.9. The summed E-state index contributed by atoms with van der Waals surface area (Å²) in [5, 5.41) is 6.67. The molecule has 0 saturated carbocycles. The second kappa shape index (κ2) is 7.27. The minimum Gasteiger partial charge on any atom is -0.482 e. The van der Waals surface area contributed by atoms with Crippen molar-refractivity contribution in [2.45, 2.75) is 13.5 Å². The van der Waals surface area contributed by atoms with Gasteiger partial charge in [-0.25, -0.2) is 0 Å². The number of rotatable bonds is 5. The molecule has 2 aromatic carbocycles. The van der Waals surface area contributed by atoms with Gasteiger partial charge in [-0.15, -0.1) is 0 Å². The van der Waals surface area contributed by atoms with E-state index in [1.165, 1.54) is 6.92 Å². The van der Waals surface area contributed by atoms with Gasteiger partial charge >= 0.3 is 0 Å². The van der Waals surface area contributed by atoms with Crippen molar-refractivity contribution in [3.05, 3.63) is 58.9 Å². The number of benzene rings is 2. The fourth-order valence-electron chi connectivity index (χ4n) is 2.08. The third-order valence-corrected chi connectivity index (χ3v) is 3.59. The van der Waals surface area contributed by atoms with E-state index in [9.17, 15) is 4.79 Å². The Kier molecular flexibility index (Phi) is 4.90. The molecular formula is C17H14BrN3O3. The van der Waals surface area contributed by atoms with Crippen molar-refractivity contribution in [2.24, 2.45) is 0 Å². The Morgan fingerprint density at radius 2 is 2.08 bits per heavy atom. The highest BCUT2D eigenvalue weighted by Gasteiger charge is 2.11. The number of nitrogens with one attached hydrogen (secondary N) is 1. The predicted octanol–water partition coefficient (Wildman–Crippen LogP) is 4.04. The maximum Gasteiger partial charge on any atom is 0.264 e. The summed E-state index contributed by atoms with van der Waals surface area (Å²) in [7, 11) is 0. The van der Waals surface area contributed by atoms with E-state index in [2.05, 4.69) is 31.4 Å². The van der Waals surface area contributed by atoms with Crippen molar-refractivity contribution in [1.82, 2.24) is 10.1 Å². The smallest absolute Gasteiger partial charge is 0.264 e. The minimum atomic E-state index is -0.166. The molecule has 3 rings (SSSR count). The number of carbonyl (C=O) groups is 1. The van der Waals surface area contributed by atoms with E-state index < -0.39 is 0 Å². The molecule has 0 unspecified atom stereocenters. The van der Waals surface area contributed by atoms with E-state index in [4.69, 9.17) is 9.26 Å². The molecule has 24 heavy (non-hydrogen) atoms. The van der Waals surface area contributed by atoms with Gasteiger partial charge in [0.05, 0.1) is 5.69 Å². The van der Waals surface area contributed by atoms with Gasteiger partial charge < -0.3 is 14.6 Å². The van der Waals surface area contributed by atoms with E-state index in [0.717, 1.165) is 10.0 Å². The van der Waals surface area contributed by atoms with Gasteiger partial charge in [0.2, 0.25) is 11.7 Å². The van der Waals surface area contributed by atoms with Crippen molar-refractivity contribution in [3.8, 4) is 17.1 Å². The molecule has 0 atom stereocenters. The molecule has 122 valence electrons. The van der Waals surface area contributed by atoms with E-state index in [0.29, 0.717) is 23.2 Å². The molecule has 0 aliphatic rings. The van der Waals surface area contributed by atoms with Crippen molar-refractivity contribution < 1.29 is 14.1 Å². The molecule has 1 aromatic heterocycles. The Hall–Kier alpha value is -2.67. The van der Waals surface area contributed by atoms with Crippen LogP contribution >= 0.6 is 15.9 Å². The lowest BCUT2D eigenvalue weighted by molar-refractivity contribution is -0.114. The predicted molar refractivity (Wildman–Crippen MR) is 92.5 cm³/mol. The van der Waals surface area contributed by atoms with Crippen molar-refractivity contribution in [3.63, 3.8) is 0 Å². The first-order valence-electron chi connectivity index (χ1n) is 7.20. The summed E-state index contributed by atoms with van der Waals surface area (Å²) in [6.07, 6.45) is 0. The third-order valence-electron chi connectivity index (χ3n) is 3.10. The lowest BCUT2D eigenvalue weighted by atomic mass is 10.2. The number of amides is 1. The lowest BCUT2D eigenvalue weighted by Gasteiger charge is -2.09. The van der Waals surface area contributed by atoms with E-state index in [-0.39, 0.29) is 12.5 Å². The van der Waals surface area contributed by atoms with Gasteiger partial charge in [0, 0.05) is 17.0 Å². The normalized spacial score (nSPS) is 10.4. The second-order valence-electron chi connectivity index (χ2n) is 4.99. The molecule has 0 aliphatic heterocycles. The first-order chi connectivity index (χ1) is 11.6. The Morgan fingerprint density at radius 1 is 1.25 bits per heavy atom. The fraction of sp³-hybridized carbons (Fsp3) is 0.118. The Balaban J connectivity index is 1.71. The number of anilines is 1. The molecular weight excluding hydrogens is 374 g/mol. The number of para-hydroxylation sites is 2. The second-order valence-corrected chi connectivity index (χ2v) is 5.90. The third kappa shape index (κ3) is 3.99. The van der Waals surface area contributed by atoms with Crippen molar-refractivity contribution in [2.75, 3.05) is 5.32 Å². The molecule has 0 aliphatic carbocycles. The monoisotopic (exact) mass is 387 g/mol. The zero-order valence-corrected chi connectivity index (χ0v) is 14.4. The fourth-order valence-corrected chi connectivity index (χ4v) is 2.48. The van der Waals surface area contributed by atoms with Crippen LogP contribution in [0.2, 0.25) is 0 Å². The first-order valence-corrected chi connectivity index (χ1v) is 7.99. The van der Waals surface area contributed by atoms with Crippen molar-refractivity contribution in [1.29, 1.82) is 0 Å². The van der Waals surface area contributed by atoms with Crippen LogP contribution in [-0.4, -0.2) is 16.0 Å². The minimum absolute atomic E-state index is 0.109. The molecule has 6 nitrogen and oxygen atoms in total. The van der Waals surface area contributed by atoms with Crippen LogP contribution in [0.1, 0.15) is 12.8 Å². The largest absolute Gasteiger partial charge is 0.482 e. The van der Waals surface area contributed by atoms with Crippen LogP contribution in [0.15, 0.2) is 57.5 Å². The average molecular weight is 388 g/mol. The zero-order valence-electron chi connectivity index (χ0n) is 12.8. The Morgan fingerprint density at radius 3 is 2.88 bits per heavy atom. The molecule has 1 N–H and O–H groups in total.